The Kier molecular flexibility index (Phi) is 2.08. The molecule has 0 fully saturated rings. The molecule has 1 aromatic carbocycles. The van der Waals surface area contributed by atoms with Gasteiger partial charge in [-0.1, -0.05) is 0 Å². The van der Waals surface area contributed by atoms with Crippen LogP contribution in [0.1, 0.15) is 11.5 Å². The first kappa shape index (κ1) is 8.94. The van der Waals surface area contributed by atoms with Crippen molar-refractivity contribution in [2.24, 2.45) is 0 Å². The van der Waals surface area contributed by atoms with E-state index in [1.807, 2.05) is 13.8 Å². The van der Waals surface area contributed by atoms with E-state index in [1.54, 1.807) is 12.1 Å². The largest absolute Gasteiger partial charge is 0.346 e. The van der Waals surface area contributed by atoms with Crippen molar-refractivity contribution >= 4 is 0 Å². The first-order valence-electron chi connectivity index (χ1n) is 4.46. The van der Waals surface area contributed by atoms with Gasteiger partial charge in [0.15, 0.2) is 0 Å². The van der Waals surface area contributed by atoms with Crippen molar-refractivity contribution in [3.63, 3.8) is 0 Å². The maximum atomic E-state index is 12.7. The molecular weight excluding hydrogens is 179 g/mol. The second-order valence-electron chi connectivity index (χ2n) is 3.30. The van der Waals surface area contributed by atoms with Gasteiger partial charge in [0.1, 0.15) is 11.6 Å². The number of aryl methyl sites for hydroxylation is 2. The quantitative estimate of drug-likeness (QED) is 0.736. The van der Waals surface area contributed by atoms with Crippen molar-refractivity contribution in [3.8, 4) is 11.3 Å². The molecule has 0 amide bonds. The fourth-order valence-corrected chi connectivity index (χ4v) is 1.50. The molecule has 0 bridgehead atoms. The number of aromatic amines is 1. The van der Waals surface area contributed by atoms with Gasteiger partial charge in [0.2, 0.25) is 0 Å². The molecule has 2 aromatic rings. The Bertz CT molecular complexity index is 443. The summed E-state index contributed by atoms with van der Waals surface area (Å²) in [5, 5.41) is 0. The second kappa shape index (κ2) is 3.25. The Morgan fingerprint density at radius 1 is 1.14 bits per heavy atom. The van der Waals surface area contributed by atoms with Gasteiger partial charge in [0.05, 0.1) is 5.69 Å². The molecule has 0 radical (unpaired) electrons. The Labute approximate surface area is 81.8 Å². The lowest BCUT2D eigenvalue weighted by molar-refractivity contribution is 0.628. The Hall–Kier alpha value is -1.64. The summed E-state index contributed by atoms with van der Waals surface area (Å²) in [5.41, 5.74) is 2.84. The lowest BCUT2D eigenvalue weighted by Crippen LogP contribution is -1.81. The van der Waals surface area contributed by atoms with Gasteiger partial charge in [-0.2, -0.15) is 0 Å². The van der Waals surface area contributed by atoms with E-state index in [-0.39, 0.29) is 5.82 Å². The highest BCUT2D eigenvalue weighted by Crippen LogP contribution is 2.20. The molecule has 0 unspecified atom stereocenters. The standard InChI is InChI=1S/C11H11FN2/c1-7-11(14-8(2)13-7)9-3-5-10(12)6-4-9/h3-6H,1-2H3,(H,13,14). The summed E-state index contributed by atoms with van der Waals surface area (Å²) in [7, 11) is 0. The number of benzene rings is 1. The number of halogens is 1. The van der Waals surface area contributed by atoms with Crippen molar-refractivity contribution in [1.82, 2.24) is 9.97 Å². The lowest BCUT2D eigenvalue weighted by atomic mass is 10.1. The number of aromatic nitrogens is 2. The molecule has 3 heteroatoms. The van der Waals surface area contributed by atoms with Crippen molar-refractivity contribution in [3.05, 3.63) is 41.6 Å². The molecule has 2 rings (SSSR count). The van der Waals surface area contributed by atoms with Crippen molar-refractivity contribution < 1.29 is 4.39 Å². The van der Waals surface area contributed by atoms with Crippen LogP contribution in [0.3, 0.4) is 0 Å². The number of hydrogen-bond acceptors (Lipinski definition) is 1. The topological polar surface area (TPSA) is 28.7 Å². The maximum absolute atomic E-state index is 12.7. The summed E-state index contributed by atoms with van der Waals surface area (Å²) < 4.78 is 12.7. The molecule has 0 saturated heterocycles. The van der Waals surface area contributed by atoms with Crippen LogP contribution < -0.4 is 0 Å². The van der Waals surface area contributed by atoms with Crippen LogP contribution in [0, 0.1) is 19.7 Å². The van der Waals surface area contributed by atoms with Gasteiger partial charge in [-0.05, 0) is 38.1 Å². The van der Waals surface area contributed by atoms with Gasteiger partial charge < -0.3 is 4.98 Å². The van der Waals surface area contributed by atoms with E-state index in [4.69, 9.17) is 0 Å². The maximum Gasteiger partial charge on any atom is 0.123 e. The third-order valence-electron chi connectivity index (χ3n) is 2.12. The minimum Gasteiger partial charge on any atom is -0.346 e. The third-order valence-corrected chi connectivity index (χ3v) is 2.12. The molecule has 2 nitrogen and oxygen atoms in total. The number of rotatable bonds is 1. The molecule has 1 heterocycles. The van der Waals surface area contributed by atoms with Gasteiger partial charge in [0, 0.05) is 11.3 Å². The molecule has 0 aliphatic carbocycles. The molecule has 72 valence electrons. The average molecular weight is 190 g/mol. The lowest BCUT2D eigenvalue weighted by Gasteiger charge is -1.97. The average Bonchev–Trinajstić information content (AvgIpc) is 2.47. The summed E-state index contributed by atoms with van der Waals surface area (Å²) in [4.78, 5) is 7.45. The predicted octanol–water partition coefficient (Wildman–Crippen LogP) is 2.83. The number of imidazole rings is 1. The van der Waals surface area contributed by atoms with Crippen LogP contribution >= 0.6 is 0 Å². The SMILES string of the molecule is Cc1nc(-c2ccc(F)cc2)c(C)[nH]1. The summed E-state index contributed by atoms with van der Waals surface area (Å²) in [6.07, 6.45) is 0. The summed E-state index contributed by atoms with van der Waals surface area (Å²) in [6, 6.07) is 6.35. The molecule has 0 atom stereocenters. The highest BCUT2D eigenvalue weighted by atomic mass is 19.1. The zero-order chi connectivity index (χ0) is 10.1. The Morgan fingerprint density at radius 3 is 2.29 bits per heavy atom. The Morgan fingerprint density at radius 2 is 1.79 bits per heavy atom. The van der Waals surface area contributed by atoms with Crippen LogP contribution in [-0.4, -0.2) is 9.97 Å². The first-order chi connectivity index (χ1) is 6.66. The summed E-state index contributed by atoms with van der Waals surface area (Å²) in [6.45, 7) is 3.86. The van der Waals surface area contributed by atoms with E-state index in [2.05, 4.69) is 9.97 Å². The summed E-state index contributed by atoms with van der Waals surface area (Å²) >= 11 is 0. The molecule has 14 heavy (non-hydrogen) atoms. The highest BCUT2D eigenvalue weighted by Gasteiger charge is 2.05. The summed E-state index contributed by atoms with van der Waals surface area (Å²) in [5.74, 6) is 0.653. The van der Waals surface area contributed by atoms with Crippen LogP contribution in [0.2, 0.25) is 0 Å². The molecular formula is C11H11FN2. The molecule has 0 saturated carbocycles. The first-order valence-corrected chi connectivity index (χ1v) is 4.46. The van der Waals surface area contributed by atoms with Crippen LogP contribution in [0.4, 0.5) is 4.39 Å². The molecule has 1 N–H and O–H groups in total. The third kappa shape index (κ3) is 1.53. The van der Waals surface area contributed by atoms with E-state index in [0.29, 0.717) is 0 Å². The van der Waals surface area contributed by atoms with Gasteiger partial charge >= 0.3 is 0 Å². The fourth-order valence-electron chi connectivity index (χ4n) is 1.50. The minimum absolute atomic E-state index is 0.223. The Balaban J connectivity index is 2.49. The van der Waals surface area contributed by atoms with Crippen molar-refractivity contribution in [2.45, 2.75) is 13.8 Å². The van der Waals surface area contributed by atoms with Crippen LogP contribution in [-0.2, 0) is 0 Å². The number of nitrogens with zero attached hydrogens (tertiary/aromatic N) is 1. The van der Waals surface area contributed by atoms with Crippen molar-refractivity contribution in [1.29, 1.82) is 0 Å². The molecule has 0 spiro atoms. The van der Waals surface area contributed by atoms with E-state index < -0.39 is 0 Å². The number of H-pyrrole nitrogens is 1. The zero-order valence-electron chi connectivity index (χ0n) is 8.13. The number of hydrogen-bond donors (Lipinski definition) is 1. The molecule has 1 aromatic heterocycles. The molecule has 0 aliphatic heterocycles. The van der Waals surface area contributed by atoms with Crippen LogP contribution in [0.5, 0.6) is 0 Å². The van der Waals surface area contributed by atoms with E-state index in [1.165, 1.54) is 12.1 Å². The normalized spacial score (nSPS) is 10.5. The second-order valence-corrected chi connectivity index (χ2v) is 3.30. The van der Waals surface area contributed by atoms with Gasteiger partial charge in [-0.3, -0.25) is 0 Å². The van der Waals surface area contributed by atoms with E-state index >= 15 is 0 Å². The van der Waals surface area contributed by atoms with Crippen LogP contribution in [0.15, 0.2) is 24.3 Å². The smallest absolute Gasteiger partial charge is 0.123 e. The van der Waals surface area contributed by atoms with Gasteiger partial charge in [0.25, 0.3) is 0 Å². The van der Waals surface area contributed by atoms with Gasteiger partial charge in [-0.25, -0.2) is 9.37 Å². The highest BCUT2D eigenvalue weighted by molar-refractivity contribution is 5.61. The van der Waals surface area contributed by atoms with Crippen LogP contribution in [0.25, 0.3) is 11.3 Å². The van der Waals surface area contributed by atoms with E-state index in [0.717, 1.165) is 22.8 Å². The monoisotopic (exact) mass is 190 g/mol. The van der Waals surface area contributed by atoms with E-state index in [9.17, 15) is 4.39 Å². The minimum atomic E-state index is -0.223. The molecule has 0 aliphatic rings. The fraction of sp³-hybridized carbons (Fsp3) is 0.182. The van der Waals surface area contributed by atoms with Gasteiger partial charge in [-0.15, -0.1) is 0 Å². The van der Waals surface area contributed by atoms with Crippen molar-refractivity contribution in [2.75, 3.05) is 0 Å². The zero-order valence-corrected chi connectivity index (χ0v) is 8.13. The number of nitrogens with one attached hydrogen (secondary N) is 1. The predicted molar refractivity (Wildman–Crippen MR) is 53.5 cm³/mol.